The maximum absolute atomic E-state index is 12.9. The second kappa shape index (κ2) is 4.61. The predicted octanol–water partition coefficient (Wildman–Crippen LogP) is 4.74. The predicted molar refractivity (Wildman–Crippen MR) is 45.0 cm³/mol. The Morgan fingerprint density at radius 1 is 0.824 bits per heavy atom. The number of halogens is 8. The van der Waals surface area contributed by atoms with Gasteiger partial charge in [0, 0.05) is 6.42 Å². The van der Waals surface area contributed by atoms with E-state index in [0.29, 0.717) is 0 Å². The van der Waals surface area contributed by atoms with E-state index in [1.807, 2.05) is 0 Å². The Hall–Kier alpha value is -0.560. The summed E-state index contributed by atoms with van der Waals surface area (Å²) in [5.74, 6) is -9.21. The lowest BCUT2D eigenvalue weighted by atomic mass is 9.92. The summed E-state index contributed by atoms with van der Waals surface area (Å²) in [7, 11) is 0. The van der Waals surface area contributed by atoms with Gasteiger partial charge < -0.3 is 0 Å². The molecule has 0 bridgehead atoms. The summed E-state index contributed by atoms with van der Waals surface area (Å²) in [6.07, 6.45) is -9.58. The molecule has 0 saturated carbocycles. The minimum atomic E-state index is -5.90. The van der Waals surface area contributed by atoms with Crippen LogP contribution in [0.25, 0.3) is 0 Å². The third-order valence-corrected chi connectivity index (χ3v) is 2.32. The first-order chi connectivity index (χ1) is 7.27. The molecule has 1 atom stereocenters. The van der Waals surface area contributed by atoms with Crippen LogP contribution in [0.1, 0.15) is 33.1 Å². The monoisotopic (exact) mass is 272 g/mol. The van der Waals surface area contributed by atoms with Gasteiger partial charge in [0.2, 0.25) is 0 Å². The molecule has 0 amide bonds. The molecule has 0 radical (unpaired) electrons. The van der Waals surface area contributed by atoms with E-state index in [0.717, 1.165) is 0 Å². The van der Waals surface area contributed by atoms with Gasteiger partial charge in [-0.2, -0.15) is 13.2 Å². The molecule has 8 heteroatoms. The van der Waals surface area contributed by atoms with Crippen LogP contribution in [0.3, 0.4) is 0 Å². The lowest BCUT2D eigenvalue weighted by molar-refractivity contribution is -0.306. The lowest BCUT2D eigenvalue weighted by Gasteiger charge is -2.33. The average molecular weight is 272 g/mol. The first-order valence-corrected chi connectivity index (χ1v) is 4.78. The highest BCUT2D eigenvalue weighted by molar-refractivity contribution is 4.98. The van der Waals surface area contributed by atoms with Crippen LogP contribution in [-0.2, 0) is 0 Å². The average Bonchev–Trinajstić information content (AvgIpc) is 1.98. The van der Waals surface area contributed by atoms with Crippen molar-refractivity contribution in [2.24, 2.45) is 0 Å². The molecule has 0 rings (SSSR count). The Labute approximate surface area is 93.0 Å². The minimum absolute atomic E-state index is 0.196. The molecule has 104 valence electrons. The number of rotatable bonds is 5. The molecule has 0 aromatic rings. The molecule has 0 heterocycles. The molecule has 0 nitrogen and oxygen atoms in total. The van der Waals surface area contributed by atoms with E-state index in [2.05, 4.69) is 0 Å². The highest BCUT2D eigenvalue weighted by Crippen LogP contribution is 2.49. The Morgan fingerprint density at radius 2 is 1.24 bits per heavy atom. The second-order valence-electron chi connectivity index (χ2n) is 3.99. The fraction of sp³-hybridized carbons (Fsp3) is 1.00. The van der Waals surface area contributed by atoms with E-state index in [9.17, 15) is 35.1 Å². The summed E-state index contributed by atoms with van der Waals surface area (Å²) in [6, 6.07) is 0. The molecule has 0 aromatic heterocycles. The molecule has 0 aromatic carbocycles. The maximum atomic E-state index is 12.9. The van der Waals surface area contributed by atoms with Gasteiger partial charge in [-0.1, -0.05) is 13.3 Å². The van der Waals surface area contributed by atoms with Crippen LogP contribution in [0.2, 0.25) is 0 Å². The maximum Gasteiger partial charge on any atom is 0.428 e. The Balaban J connectivity index is 5.03. The van der Waals surface area contributed by atoms with Crippen LogP contribution < -0.4 is 0 Å². The Bertz CT molecular complexity index is 252. The van der Waals surface area contributed by atoms with Crippen molar-refractivity contribution in [1.29, 1.82) is 0 Å². The lowest BCUT2D eigenvalue weighted by Crippen LogP contribution is -2.55. The second-order valence-corrected chi connectivity index (χ2v) is 3.99. The van der Waals surface area contributed by atoms with Crippen molar-refractivity contribution in [2.75, 3.05) is 0 Å². The third-order valence-electron chi connectivity index (χ3n) is 2.32. The topological polar surface area (TPSA) is 0 Å². The van der Waals surface area contributed by atoms with Gasteiger partial charge in [0.05, 0.1) is 6.42 Å². The van der Waals surface area contributed by atoms with E-state index in [-0.39, 0.29) is 6.42 Å². The van der Waals surface area contributed by atoms with E-state index in [4.69, 9.17) is 0 Å². The smallest absolute Gasteiger partial charge is 0.227 e. The van der Waals surface area contributed by atoms with E-state index >= 15 is 0 Å². The van der Waals surface area contributed by atoms with E-state index in [1.54, 1.807) is 0 Å². The standard InChI is InChI=1S/C9H12F8/c1-3-4-7(11,12)5-8(13,14)6(2,10)9(15,16)17/h3-5H2,1-2H3. The van der Waals surface area contributed by atoms with Crippen LogP contribution in [-0.4, -0.2) is 23.7 Å². The van der Waals surface area contributed by atoms with Gasteiger partial charge in [-0.3, -0.25) is 0 Å². The molecule has 0 fully saturated rings. The van der Waals surface area contributed by atoms with Crippen molar-refractivity contribution in [3.8, 4) is 0 Å². The van der Waals surface area contributed by atoms with E-state index < -0.39 is 43.5 Å². The summed E-state index contributed by atoms with van der Waals surface area (Å²) in [5, 5.41) is 0. The molecule has 0 saturated heterocycles. The zero-order valence-electron chi connectivity index (χ0n) is 9.15. The first-order valence-electron chi connectivity index (χ1n) is 4.78. The quantitative estimate of drug-likeness (QED) is 0.634. The summed E-state index contributed by atoms with van der Waals surface area (Å²) >= 11 is 0. The van der Waals surface area contributed by atoms with Crippen molar-refractivity contribution in [2.45, 2.75) is 56.8 Å². The van der Waals surface area contributed by atoms with Crippen LogP contribution in [0.15, 0.2) is 0 Å². The fourth-order valence-corrected chi connectivity index (χ4v) is 1.15. The van der Waals surface area contributed by atoms with Crippen molar-refractivity contribution in [3.63, 3.8) is 0 Å². The molecule has 0 aliphatic rings. The van der Waals surface area contributed by atoms with Crippen LogP contribution >= 0.6 is 0 Å². The zero-order chi connectivity index (χ0) is 14.1. The molecular formula is C9H12F8. The Morgan fingerprint density at radius 3 is 1.53 bits per heavy atom. The van der Waals surface area contributed by atoms with Gasteiger partial charge in [-0.05, 0) is 6.92 Å². The third kappa shape index (κ3) is 3.70. The molecule has 0 spiro atoms. The van der Waals surface area contributed by atoms with Crippen molar-refractivity contribution >= 4 is 0 Å². The molecule has 17 heavy (non-hydrogen) atoms. The van der Waals surface area contributed by atoms with Crippen LogP contribution in [0.5, 0.6) is 0 Å². The van der Waals surface area contributed by atoms with Gasteiger partial charge in [-0.25, -0.2) is 22.0 Å². The van der Waals surface area contributed by atoms with Crippen molar-refractivity contribution in [3.05, 3.63) is 0 Å². The van der Waals surface area contributed by atoms with Gasteiger partial charge in [-0.15, -0.1) is 0 Å². The van der Waals surface area contributed by atoms with Crippen LogP contribution in [0, 0.1) is 0 Å². The fourth-order valence-electron chi connectivity index (χ4n) is 1.15. The largest absolute Gasteiger partial charge is 0.428 e. The number of hydrogen-bond donors (Lipinski definition) is 0. The van der Waals surface area contributed by atoms with Gasteiger partial charge >= 0.3 is 6.18 Å². The molecular weight excluding hydrogens is 260 g/mol. The summed E-state index contributed by atoms with van der Waals surface area (Å²) in [6.45, 7) is 0.819. The summed E-state index contributed by atoms with van der Waals surface area (Å²) in [5.41, 5.74) is -4.98. The van der Waals surface area contributed by atoms with E-state index in [1.165, 1.54) is 6.92 Å². The molecule has 1 unspecified atom stereocenters. The highest BCUT2D eigenvalue weighted by atomic mass is 19.4. The van der Waals surface area contributed by atoms with Gasteiger partial charge in [0.25, 0.3) is 17.5 Å². The number of hydrogen-bond acceptors (Lipinski definition) is 0. The molecule has 0 aliphatic carbocycles. The zero-order valence-corrected chi connectivity index (χ0v) is 9.15. The SMILES string of the molecule is CCCC(F)(F)CC(F)(F)C(C)(F)C(F)(F)F. The first kappa shape index (κ1) is 16.4. The highest BCUT2D eigenvalue weighted by Gasteiger charge is 2.69. The Kier molecular flexibility index (Phi) is 4.45. The summed E-state index contributed by atoms with van der Waals surface area (Å²) < 4.78 is 100. The van der Waals surface area contributed by atoms with Gasteiger partial charge in [0.1, 0.15) is 0 Å². The minimum Gasteiger partial charge on any atom is -0.227 e. The molecule has 0 aliphatic heterocycles. The molecule has 0 N–H and O–H groups in total. The van der Waals surface area contributed by atoms with Crippen LogP contribution in [0.4, 0.5) is 35.1 Å². The van der Waals surface area contributed by atoms with Crippen molar-refractivity contribution in [1.82, 2.24) is 0 Å². The van der Waals surface area contributed by atoms with Crippen molar-refractivity contribution < 1.29 is 35.1 Å². The summed E-state index contributed by atoms with van der Waals surface area (Å²) in [4.78, 5) is 0. The van der Waals surface area contributed by atoms with Gasteiger partial charge in [0.15, 0.2) is 0 Å². The normalized spacial score (nSPS) is 18.0. The number of alkyl halides is 8.